The van der Waals surface area contributed by atoms with Crippen molar-refractivity contribution in [1.29, 1.82) is 0 Å². The fraction of sp³-hybridized carbons (Fsp3) is 0. The van der Waals surface area contributed by atoms with Crippen molar-refractivity contribution in [2.45, 2.75) is 0 Å². The van der Waals surface area contributed by atoms with Gasteiger partial charge in [-0.05, 0) is 46.5 Å². The number of amides is 1. The van der Waals surface area contributed by atoms with E-state index in [1.54, 1.807) is 12.1 Å². The predicted molar refractivity (Wildman–Crippen MR) is 106 cm³/mol. The molecule has 1 aliphatic carbocycles. The monoisotopic (exact) mass is 356 g/mol. The van der Waals surface area contributed by atoms with E-state index in [4.69, 9.17) is 5.73 Å². The van der Waals surface area contributed by atoms with E-state index in [1.807, 2.05) is 36.4 Å². The fourth-order valence-corrected chi connectivity index (χ4v) is 3.42. The number of carboxylic acid groups (broad SMARTS) is 1. The highest BCUT2D eigenvalue weighted by atomic mass is 16.4. The molecule has 3 aromatic rings. The molecule has 0 heterocycles. The Labute approximate surface area is 155 Å². The molecule has 0 saturated heterocycles. The van der Waals surface area contributed by atoms with Crippen LogP contribution < -0.4 is 11.1 Å². The van der Waals surface area contributed by atoms with Gasteiger partial charge in [0.15, 0.2) is 0 Å². The number of aromatic carboxylic acids is 1. The second-order valence-corrected chi connectivity index (χ2v) is 6.31. The zero-order valence-electron chi connectivity index (χ0n) is 14.3. The molecular weight excluding hydrogens is 340 g/mol. The van der Waals surface area contributed by atoms with Crippen LogP contribution in [0.3, 0.4) is 0 Å². The van der Waals surface area contributed by atoms with E-state index in [9.17, 15) is 14.7 Å². The highest BCUT2D eigenvalue weighted by molar-refractivity contribution is 6.13. The van der Waals surface area contributed by atoms with E-state index in [1.165, 1.54) is 12.1 Å². The number of carbonyl (C=O) groups is 2. The van der Waals surface area contributed by atoms with Crippen LogP contribution in [0.4, 0.5) is 11.4 Å². The minimum Gasteiger partial charge on any atom is -0.478 e. The van der Waals surface area contributed by atoms with Crippen LogP contribution in [0.2, 0.25) is 0 Å². The Balaban J connectivity index is 1.72. The van der Waals surface area contributed by atoms with Gasteiger partial charge in [-0.2, -0.15) is 0 Å². The van der Waals surface area contributed by atoms with E-state index in [2.05, 4.69) is 11.9 Å². The third kappa shape index (κ3) is 2.66. The molecule has 0 spiro atoms. The van der Waals surface area contributed by atoms with Crippen LogP contribution in [-0.4, -0.2) is 17.0 Å². The number of rotatable bonds is 3. The molecule has 0 unspecified atom stereocenters. The Morgan fingerprint density at radius 1 is 0.889 bits per heavy atom. The molecular formula is C22H16N2O3. The van der Waals surface area contributed by atoms with Gasteiger partial charge < -0.3 is 16.2 Å². The lowest BCUT2D eigenvalue weighted by molar-refractivity contribution is 0.0697. The van der Waals surface area contributed by atoms with Crippen molar-refractivity contribution in [3.05, 3.63) is 89.5 Å². The van der Waals surface area contributed by atoms with Crippen molar-refractivity contribution >= 4 is 28.8 Å². The highest BCUT2D eigenvalue weighted by Crippen LogP contribution is 2.44. The number of nitrogens with one attached hydrogen (secondary N) is 1. The molecule has 0 bridgehead atoms. The van der Waals surface area contributed by atoms with E-state index < -0.39 is 5.97 Å². The van der Waals surface area contributed by atoms with Crippen LogP contribution in [0.5, 0.6) is 0 Å². The molecule has 1 amide bonds. The Morgan fingerprint density at radius 3 is 2.33 bits per heavy atom. The zero-order valence-corrected chi connectivity index (χ0v) is 14.3. The largest absolute Gasteiger partial charge is 0.478 e. The van der Waals surface area contributed by atoms with Crippen LogP contribution in [0.15, 0.2) is 67.2 Å². The van der Waals surface area contributed by atoms with Gasteiger partial charge in [-0.1, -0.05) is 43.0 Å². The summed E-state index contributed by atoms with van der Waals surface area (Å²) in [5.41, 5.74) is 11.2. The van der Waals surface area contributed by atoms with Gasteiger partial charge in [0, 0.05) is 22.5 Å². The Kier molecular flexibility index (Phi) is 3.78. The van der Waals surface area contributed by atoms with Crippen molar-refractivity contribution in [1.82, 2.24) is 0 Å². The topological polar surface area (TPSA) is 92.4 Å². The number of fused-ring (bicyclic) bond motifs is 3. The highest BCUT2D eigenvalue weighted by Gasteiger charge is 2.26. The van der Waals surface area contributed by atoms with E-state index in [-0.39, 0.29) is 17.2 Å². The molecule has 0 atom stereocenters. The summed E-state index contributed by atoms with van der Waals surface area (Å²) in [7, 11) is 0. The molecule has 5 nitrogen and oxygen atoms in total. The number of carbonyl (C=O) groups excluding carboxylic acids is 1. The third-order valence-electron chi connectivity index (χ3n) is 4.69. The summed E-state index contributed by atoms with van der Waals surface area (Å²) in [4.78, 5) is 24.2. The lowest BCUT2D eigenvalue weighted by Crippen LogP contribution is -2.14. The van der Waals surface area contributed by atoms with E-state index in [0.717, 1.165) is 27.8 Å². The molecule has 0 saturated carbocycles. The van der Waals surface area contributed by atoms with Gasteiger partial charge >= 0.3 is 5.97 Å². The maximum atomic E-state index is 12.9. The van der Waals surface area contributed by atoms with Crippen molar-refractivity contribution in [3.8, 4) is 11.1 Å². The number of anilines is 2. The summed E-state index contributed by atoms with van der Waals surface area (Å²) in [5, 5.41) is 12.0. The number of hydrogen-bond donors (Lipinski definition) is 3. The average Bonchev–Trinajstić information content (AvgIpc) is 2.96. The minimum atomic E-state index is -1.15. The maximum Gasteiger partial charge on any atom is 0.337 e. The second-order valence-electron chi connectivity index (χ2n) is 6.31. The first-order chi connectivity index (χ1) is 13.0. The van der Waals surface area contributed by atoms with E-state index in [0.29, 0.717) is 11.3 Å². The Morgan fingerprint density at radius 2 is 1.59 bits per heavy atom. The van der Waals surface area contributed by atoms with Crippen LogP contribution >= 0.6 is 0 Å². The van der Waals surface area contributed by atoms with Crippen LogP contribution in [0.25, 0.3) is 16.7 Å². The number of nitrogen functional groups attached to an aromatic ring is 1. The van der Waals surface area contributed by atoms with Crippen LogP contribution in [0.1, 0.15) is 31.8 Å². The Bertz CT molecular complexity index is 1130. The molecule has 1 aliphatic rings. The van der Waals surface area contributed by atoms with Gasteiger partial charge in [0.05, 0.1) is 5.56 Å². The van der Waals surface area contributed by atoms with Gasteiger partial charge in [-0.15, -0.1) is 0 Å². The molecule has 132 valence electrons. The van der Waals surface area contributed by atoms with Gasteiger partial charge in [0.2, 0.25) is 0 Å². The van der Waals surface area contributed by atoms with Crippen molar-refractivity contribution in [2.24, 2.45) is 0 Å². The average molecular weight is 356 g/mol. The van der Waals surface area contributed by atoms with Gasteiger partial charge in [-0.3, -0.25) is 4.79 Å². The summed E-state index contributed by atoms with van der Waals surface area (Å²) >= 11 is 0. The number of benzene rings is 3. The molecule has 4 rings (SSSR count). The molecule has 3 aromatic carbocycles. The second kappa shape index (κ2) is 6.14. The van der Waals surface area contributed by atoms with Crippen molar-refractivity contribution < 1.29 is 14.7 Å². The van der Waals surface area contributed by atoms with Crippen molar-refractivity contribution in [3.63, 3.8) is 0 Å². The zero-order chi connectivity index (χ0) is 19.1. The van der Waals surface area contributed by atoms with Gasteiger partial charge in [0.25, 0.3) is 5.91 Å². The first-order valence-electron chi connectivity index (χ1n) is 8.33. The first kappa shape index (κ1) is 16.6. The number of nitrogens with two attached hydrogens (primary N) is 1. The van der Waals surface area contributed by atoms with Crippen LogP contribution in [0, 0.1) is 0 Å². The third-order valence-corrected chi connectivity index (χ3v) is 4.69. The smallest absolute Gasteiger partial charge is 0.337 e. The summed E-state index contributed by atoms with van der Waals surface area (Å²) in [6.45, 7) is 4.16. The summed E-state index contributed by atoms with van der Waals surface area (Å²) < 4.78 is 0. The van der Waals surface area contributed by atoms with E-state index >= 15 is 0 Å². The molecule has 27 heavy (non-hydrogen) atoms. The molecule has 0 fully saturated rings. The molecule has 4 N–H and O–H groups in total. The normalized spacial score (nSPS) is 11.6. The SMILES string of the molecule is C=C1c2ccccc2-c2cccc(C(=O)Nc3ccc(N)c(C(=O)O)c3)c21. The summed E-state index contributed by atoms with van der Waals surface area (Å²) in [6, 6.07) is 17.8. The predicted octanol–water partition coefficient (Wildman–Crippen LogP) is 4.26. The summed E-state index contributed by atoms with van der Waals surface area (Å²) in [5.74, 6) is -1.48. The number of hydrogen-bond acceptors (Lipinski definition) is 3. The Hall–Kier alpha value is -3.86. The molecule has 0 aromatic heterocycles. The fourth-order valence-electron chi connectivity index (χ4n) is 3.42. The minimum absolute atomic E-state index is 0.0529. The lowest BCUT2D eigenvalue weighted by Gasteiger charge is -2.11. The molecule has 5 heteroatoms. The standard InChI is InChI=1S/C22H16N2O3/c1-12-14-5-2-3-6-15(14)16-7-4-8-17(20(12)16)21(25)24-13-9-10-19(23)18(11-13)22(26)27/h2-11H,1,23H2,(H,24,25)(H,26,27). The van der Waals surface area contributed by atoms with Crippen LogP contribution in [-0.2, 0) is 0 Å². The summed E-state index contributed by atoms with van der Waals surface area (Å²) in [6.07, 6.45) is 0. The van der Waals surface area contributed by atoms with Crippen molar-refractivity contribution in [2.75, 3.05) is 11.1 Å². The number of carboxylic acids is 1. The van der Waals surface area contributed by atoms with Gasteiger partial charge in [-0.25, -0.2) is 4.79 Å². The first-order valence-corrected chi connectivity index (χ1v) is 8.33. The molecule has 0 aliphatic heterocycles. The van der Waals surface area contributed by atoms with Gasteiger partial charge in [0.1, 0.15) is 0 Å². The lowest BCUT2D eigenvalue weighted by atomic mass is 9.98. The molecule has 0 radical (unpaired) electrons. The maximum absolute atomic E-state index is 12.9. The quantitative estimate of drug-likeness (QED) is 0.478.